The van der Waals surface area contributed by atoms with Crippen molar-refractivity contribution in [2.75, 3.05) is 26.2 Å². The molecule has 25 heavy (non-hydrogen) atoms. The van der Waals surface area contributed by atoms with Crippen molar-refractivity contribution in [2.24, 2.45) is 0 Å². The summed E-state index contributed by atoms with van der Waals surface area (Å²) < 4.78 is 32.6. The van der Waals surface area contributed by atoms with E-state index in [0.29, 0.717) is 36.8 Å². The van der Waals surface area contributed by atoms with Crippen molar-refractivity contribution in [3.05, 3.63) is 47.3 Å². The molecule has 0 spiro atoms. The first-order valence-electron chi connectivity index (χ1n) is 8.13. The largest absolute Gasteiger partial charge is 0.480 e. The number of hydrogen-bond acceptors (Lipinski definition) is 5. The average Bonchev–Trinajstić information content (AvgIpc) is 3.31. The van der Waals surface area contributed by atoms with Gasteiger partial charge in [0.15, 0.2) is 6.10 Å². The summed E-state index contributed by atoms with van der Waals surface area (Å²) in [5.74, 6) is 0.698. The van der Waals surface area contributed by atoms with Crippen molar-refractivity contribution in [1.29, 1.82) is 0 Å². The number of ether oxygens (including phenoxy) is 1. The number of carbonyl (C=O) groups excluding carboxylic acids is 1. The number of piperazine rings is 1. The van der Waals surface area contributed by atoms with Crippen molar-refractivity contribution in [2.45, 2.75) is 16.7 Å². The van der Waals surface area contributed by atoms with Gasteiger partial charge in [0.05, 0.1) is 0 Å². The Bertz CT molecular complexity index is 847. The quantitative estimate of drug-likeness (QED) is 0.813. The van der Waals surface area contributed by atoms with E-state index in [1.807, 2.05) is 24.3 Å². The summed E-state index contributed by atoms with van der Waals surface area (Å²) >= 11 is 1.21. The van der Waals surface area contributed by atoms with E-state index in [1.165, 1.54) is 15.6 Å². The molecule has 132 valence electrons. The average molecular weight is 378 g/mol. The van der Waals surface area contributed by atoms with Crippen LogP contribution in [0.4, 0.5) is 0 Å². The first kappa shape index (κ1) is 16.6. The first-order chi connectivity index (χ1) is 12.1. The van der Waals surface area contributed by atoms with Crippen LogP contribution in [0.25, 0.3) is 0 Å². The van der Waals surface area contributed by atoms with Gasteiger partial charge in [-0.2, -0.15) is 4.31 Å². The van der Waals surface area contributed by atoms with Crippen LogP contribution >= 0.6 is 11.3 Å². The van der Waals surface area contributed by atoms with E-state index in [2.05, 4.69) is 0 Å². The van der Waals surface area contributed by atoms with Crippen molar-refractivity contribution >= 4 is 27.3 Å². The molecule has 0 aliphatic carbocycles. The fourth-order valence-corrected chi connectivity index (χ4v) is 5.78. The highest BCUT2D eigenvalue weighted by Crippen LogP contribution is 2.29. The van der Waals surface area contributed by atoms with E-state index in [4.69, 9.17) is 4.74 Å². The minimum atomic E-state index is -3.45. The number of amides is 1. The molecule has 1 amide bonds. The molecule has 8 heteroatoms. The van der Waals surface area contributed by atoms with Crippen LogP contribution in [0.15, 0.2) is 46.0 Å². The summed E-state index contributed by atoms with van der Waals surface area (Å²) in [5.41, 5.74) is 1.04. The molecule has 6 nitrogen and oxygen atoms in total. The maximum atomic E-state index is 12.7. The lowest BCUT2D eigenvalue weighted by molar-refractivity contribution is -0.139. The molecular weight excluding hydrogens is 360 g/mol. The Kier molecular flexibility index (Phi) is 4.26. The number of carbonyl (C=O) groups is 1. The molecule has 0 unspecified atom stereocenters. The van der Waals surface area contributed by atoms with Crippen LogP contribution < -0.4 is 4.74 Å². The molecule has 1 saturated heterocycles. The molecule has 1 aromatic carbocycles. The summed E-state index contributed by atoms with van der Waals surface area (Å²) in [7, 11) is -3.45. The Morgan fingerprint density at radius 2 is 1.84 bits per heavy atom. The molecule has 0 bridgehead atoms. The lowest BCUT2D eigenvalue weighted by Gasteiger charge is -2.34. The van der Waals surface area contributed by atoms with Gasteiger partial charge in [0.1, 0.15) is 9.96 Å². The van der Waals surface area contributed by atoms with Gasteiger partial charge in [-0.25, -0.2) is 8.42 Å². The van der Waals surface area contributed by atoms with Gasteiger partial charge < -0.3 is 9.64 Å². The number of thiophene rings is 1. The second-order valence-electron chi connectivity index (χ2n) is 6.08. The highest BCUT2D eigenvalue weighted by molar-refractivity contribution is 7.91. The van der Waals surface area contributed by atoms with Gasteiger partial charge in [0, 0.05) is 32.6 Å². The molecule has 3 heterocycles. The molecule has 2 aliphatic heterocycles. The standard InChI is InChI=1S/C17H18N2O4S2/c20-17(15-12-13-4-1-2-5-14(13)23-15)18-7-9-19(10-8-18)25(21,22)16-6-3-11-24-16/h1-6,11,15H,7-10,12H2/t15-/m0/s1. The van der Waals surface area contributed by atoms with Crippen LogP contribution in [0.2, 0.25) is 0 Å². The van der Waals surface area contributed by atoms with Crippen LogP contribution in [-0.4, -0.2) is 55.8 Å². The van der Waals surface area contributed by atoms with E-state index >= 15 is 0 Å². The maximum Gasteiger partial charge on any atom is 0.264 e. The summed E-state index contributed by atoms with van der Waals surface area (Å²) in [5, 5.41) is 1.75. The summed E-state index contributed by atoms with van der Waals surface area (Å²) in [6.45, 7) is 1.40. The predicted octanol–water partition coefficient (Wildman–Crippen LogP) is 1.58. The number of fused-ring (bicyclic) bond motifs is 1. The molecule has 4 rings (SSSR count). The second kappa shape index (κ2) is 6.44. The van der Waals surface area contributed by atoms with Crippen molar-refractivity contribution < 1.29 is 17.9 Å². The number of sulfonamides is 1. The van der Waals surface area contributed by atoms with Crippen LogP contribution in [-0.2, 0) is 21.2 Å². The Labute approximate surface area is 150 Å². The number of nitrogens with zero attached hydrogens (tertiary/aromatic N) is 2. The molecular formula is C17H18N2O4S2. The fourth-order valence-electron chi connectivity index (χ4n) is 3.21. The molecule has 1 fully saturated rings. The minimum Gasteiger partial charge on any atom is -0.480 e. The monoisotopic (exact) mass is 378 g/mol. The molecule has 1 atom stereocenters. The van der Waals surface area contributed by atoms with E-state index in [1.54, 1.807) is 22.4 Å². The zero-order chi connectivity index (χ0) is 17.4. The first-order valence-corrected chi connectivity index (χ1v) is 10.4. The van der Waals surface area contributed by atoms with Crippen LogP contribution in [0.1, 0.15) is 5.56 Å². The topological polar surface area (TPSA) is 66.9 Å². The fraction of sp³-hybridized carbons (Fsp3) is 0.353. The van der Waals surface area contributed by atoms with Crippen LogP contribution in [0, 0.1) is 0 Å². The van der Waals surface area contributed by atoms with Gasteiger partial charge in [-0.1, -0.05) is 24.3 Å². The highest BCUT2D eigenvalue weighted by Gasteiger charge is 2.36. The zero-order valence-corrected chi connectivity index (χ0v) is 15.1. The van der Waals surface area contributed by atoms with Gasteiger partial charge in [-0.3, -0.25) is 4.79 Å². The Balaban J connectivity index is 1.39. The molecule has 0 radical (unpaired) electrons. The lowest BCUT2D eigenvalue weighted by atomic mass is 10.1. The van der Waals surface area contributed by atoms with E-state index in [0.717, 1.165) is 11.3 Å². The van der Waals surface area contributed by atoms with E-state index in [-0.39, 0.29) is 5.91 Å². The lowest BCUT2D eigenvalue weighted by Crippen LogP contribution is -2.53. The molecule has 1 aromatic heterocycles. The van der Waals surface area contributed by atoms with Crippen molar-refractivity contribution in [3.8, 4) is 5.75 Å². The van der Waals surface area contributed by atoms with Crippen LogP contribution in [0.3, 0.4) is 0 Å². The highest BCUT2D eigenvalue weighted by atomic mass is 32.2. The van der Waals surface area contributed by atoms with Crippen molar-refractivity contribution in [3.63, 3.8) is 0 Å². The van der Waals surface area contributed by atoms with Gasteiger partial charge in [-0.05, 0) is 23.1 Å². The van der Waals surface area contributed by atoms with Gasteiger partial charge >= 0.3 is 0 Å². The third kappa shape index (κ3) is 3.05. The Morgan fingerprint density at radius 1 is 1.08 bits per heavy atom. The second-order valence-corrected chi connectivity index (χ2v) is 9.19. The summed E-state index contributed by atoms with van der Waals surface area (Å²) in [6, 6.07) is 11.0. The predicted molar refractivity (Wildman–Crippen MR) is 94.2 cm³/mol. The number of hydrogen-bond donors (Lipinski definition) is 0. The van der Waals surface area contributed by atoms with E-state index < -0.39 is 16.1 Å². The molecule has 2 aliphatic rings. The molecule has 0 N–H and O–H groups in total. The third-order valence-electron chi connectivity index (χ3n) is 4.56. The van der Waals surface area contributed by atoms with Crippen LogP contribution in [0.5, 0.6) is 5.75 Å². The maximum absolute atomic E-state index is 12.7. The molecule has 0 saturated carbocycles. The normalized spacial score (nSPS) is 21.0. The van der Waals surface area contributed by atoms with Gasteiger partial charge in [-0.15, -0.1) is 11.3 Å². The zero-order valence-electron chi connectivity index (χ0n) is 13.5. The summed E-state index contributed by atoms with van der Waals surface area (Å²) in [6.07, 6.45) is 0.0701. The third-order valence-corrected chi connectivity index (χ3v) is 7.83. The van der Waals surface area contributed by atoms with Gasteiger partial charge in [0.25, 0.3) is 15.9 Å². The van der Waals surface area contributed by atoms with Crippen molar-refractivity contribution in [1.82, 2.24) is 9.21 Å². The number of benzene rings is 1. The summed E-state index contributed by atoms with van der Waals surface area (Å²) in [4.78, 5) is 14.4. The SMILES string of the molecule is O=C([C@@H]1Cc2ccccc2O1)N1CCN(S(=O)(=O)c2cccs2)CC1. The Hall–Kier alpha value is -1.90. The molecule has 2 aromatic rings. The smallest absolute Gasteiger partial charge is 0.264 e. The van der Waals surface area contributed by atoms with Gasteiger partial charge in [0.2, 0.25) is 0 Å². The van der Waals surface area contributed by atoms with E-state index in [9.17, 15) is 13.2 Å². The number of rotatable bonds is 3. The Morgan fingerprint density at radius 3 is 2.52 bits per heavy atom. The number of para-hydroxylation sites is 1. The minimum absolute atomic E-state index is 0.0654.